The molecule has 0 aromatic rings. The van der Waals surface area contributed by atoms with Gasteiger partial charge in [0.1, 0.15) is 6.04 Å². The summed E-state index contributed by atoms with van der Waals surface area (Å²) < 4.78 is 5.22. The van der Waals surface area contributed by atoms with Crippen molar-refractivity contribution in [3.8, 4) is 0 Å². The minimum absolute atomic E-state index is 0.0583. The number of hydrogen-bond donors (Lipinski definition) is 2. The molecule has 0 aromatic carbocycles. The molecule has 1 saturated heterocycles. The smallest absolute Gasteiger partial charge is 0.239 e. The monoisotopic (exact) mass is 232 g/mol. The van der Waals surface area contributed by atoms with Crippen LogP contribution in [0, 0.1) is 0 Å². The third-order valence-corrected chi connectivity index (χ3v) is 3.53. The SMILES string of the molecule is CSC(C)CCNC(=O)C1COCCN1. The third-order valence-electron chi connectivity index (χ3n) is 2.49. The van der Waals surface area contributed by atoms with Crippen molar-refractivity contribution in [1.29, 1.82) is 0 Å². The zero-order chi connectivity index (χ0) is 11.1. The van der Waals surface area contributed by atoms with Crippen LogP contribution < -0.4 is 10.6 Å². The number of hydrogen-bond acceptors (Lipinski definition) is 4. The molecule has 2 atom stereocenters. The second-order valence-electron chi connectivity index (χ2n) is 3.71. The fraction of sp³-hybridized carbons (Fsp3) is 0.900. The summed E-state index contributed by atoms with van der Waals surface area (Å²) in [5.41, 5.74) is 0. The van der Waals surface area contributed by atoms with Crippen molar-refractivity contribution in [2.24, 2.45) is 0 Å². The normalized spacial score (nSPS) is 23.5. The summed E-state index contributed by atoms with van der Waals surface area (Å²) in [5.74, 6) is 0.0583. The lowest BCUT2D eigenvalue weighted by Gasteiger charge is -2.23. The van der Waals surface area contributed by atoms with Crippen LogP contribution in [0.15, 0.2) is 0 Å². The molecule has 2 unspecified atom stereocenters. The Morgan fingerprint density at radius 2 is 2.53 bits per heavy atom. The number of nitrogens with one attached hydrogen (secondary N) is 2. The van der Waals surface area contributed by atoms with Gasteiger partial charge in [0.15, 0.2) is 0 Å². The maximum atomic E-state index is 11.6. The van der Waals surface area contributed by atoms with Crippen LogP contribution in [0.4, 0.5) is 0 Å². The molecule has 5 heteroatoms. The number of morpholine rings is 1. The van der Waals surface area contributed by atoms with Gasteiger partial charge in [0, 0.05) is 18.3 Å². The molecular weight excluding hydrogens is 212 g/mol. The number of carbonyl (C=O) groups is 1. The van der Waals surface area contributed by atoms with Gasteiger partial charge in [0.25, 0.3) is 0 Å². The Morgan fingerprint density at radius 3 is 3.13 bits per heavy atom. The van der Waals surface area contributed by atoms with Crippen molar-refractivity contribution in [3.63, 3.8) is 0 Å². The zero-order valence-corrected chi connectivity index (χ0v) is 10.2. The van der Waals surface area contributed by atoms with E-state index in [1.807, 2.05) is 11.8 Å². The second-order valence-corrected chi connectivity index (χ2v) is 4.98. The van der Waals surface area contributed by atoms with Gasteiger partial charge in [0.2, 0.25) is 5.91 Å². The molecule has 0 bridgehead atoms. The van der Waals surface area contributed by atoms with Crippen LogP contribution in [0.1, 0.15) is 13.3 Å². The molecule has 4 nitrogen and oxygen atoms in total. The predicted octanol–water partition coefficient (Wildman–Crippen LogP) is 0.233. The van der Waals surface area contributed by atoms with E-state index in [-0.39, 0.29) is 11.9 Å². The molecule has 1 fully saturated rings. The molecule has 1 amide bonds. The molecule has 2 N–H and O–H groups in total. The van der Waals surface area contributed by atoms with Gasteiger partial charge in [-0.15, -0.1) is 0 Å². The predicted molar refractivity (Wildman–Crippen MR) is 63.2 cm³/mol. The van der Waals surface area contributed by atoms with E-state index in [1.54, 1.807) is 0 Å². The van der Waals surface area contributed by atoms with E-state index in [1.165, 1.54) is 0 Å². The molecule has 1 rings (SSSR count). The van der Waals surface area contributed by atoms with E-state index in [9.17, 15) is 4.79 Å². The van der Waals surface area contributed by atoms with Gasteiger partial charge < -0.3 is 15.4 Å². The van der Waals surface area contributed by atoms with E-state index in [0.29, 0.717) is 18.5 Å². The lowest BCUT2D eigenvalue weighted by Crippen LogP contribution is -2.51. The molecule has 0 aromatic heterocycles. The maximum absolute atomic E-state index is 11.6. The minimum atomic E-state index is -0.164. The van der Waals surface area contributed by atoms with E-state index >= 15 is 0 Å². The quantitative estimate of drug-likeness (QED) is 0.712. The van der Waals surface area contributed by atoms with E-state index in [0.717, 1.165) is 19.5 Å². The Morgan fingerprint density at radius 1 is 1.73 bits per heavy atom. The highest BCUT2D eigenvalue weighted by Gasteiger charge is 2.20. The van der Waals surface area contributed by atoms with E-state index < -0.39 is 0 Å². The third kappa shape index (κ3) is 4.86. The van der Waals surface area contributed by atoms with Crippen molar-refractivity contribution in [1.82, 2.24) is 10.6 Å². The first-order valence-electron chi connectivity index (χ1n) is 5.35. The average molecular weight is 232 g/mol. The highest BCUT2D eigenvalue weighted by atomic mass is 32.2. The fourth-order valence-electron chi connectivity index (χ4n) is 1.37. The van der Waals surface area contributed by atoms with Gasteiger partial charge in [0.05, 0.1) is 13.2 Å². The molecule has 88 valence electrons. The molecule has 0 aliphatic carbocycles. The summed E-state index contributed by atoms with van der Waals surface area (Å²) in [5, 5.41) is 6.65. The van der Waals surface area contributed by atoms with Crippen LogP contribution in [0.2, 0.25) is 0 Å². The standard InChI is InChI=1S/C10H20N2O2S/c1-8(15-2)3-4-12-10(13)9-7-14-6-5-11-9/h8-9,11H,3-7H2,1-2H3,(H,12,13). The summed E-state index contributed by atoms with van der Waals surface area (Å²) in [4.78, 5) is 11.6. The summed E-state index contributed by atoms with van der Waals surface area (Å²) in [6, 6.07) is -0.164. The molecule has 0 spiro atoms. The van der Waals surface area contributed by atoms with Crippen LogP contribution in [0.25, 0.3) is 0 Å². The summed E-state index contributed by atoms with van der Waals surface area (Å²) in [6.07, 6.45) is 3.10. The Bertz CT molecular complexity index is 196. The second kappa shape index (κ2) is 7.09. The van der Waals surface area contributed by atoms with Crippen LogP contribution in [0.5, 0.6) is 0 Å². The first-order valence-corrected chi connectivity index (χ1v) is 6.64. The van der Waals surface area contributed by atoms with Crippen LogP contribution >= 0.6 is 11.8 Å². The Balaban J connectivity index is 2.12. The minimum Gasteiger partial charge on any atom is -0.378 e. The molecule has 1 heterocycles. The van der Waals surface area contributed by atoms with Gasteiger partial charge in [-0.1, -0.05) is 6.92 Å². The highest BCUT2D eigenvalue weighted by Crippen LogP contribution is 2.07. The number of amides is 1. The topological polar surface area (TPSA) is 50.4 Å². The number of thioether (sulfide) groups is 1. The van der Waals surface area contributed by atoms with E-state index in [4.69, 9.17) is 4.74 Å². The van der Waals surface area contributed by atoms with Gasteiger partial charge >= 0.3 is 0 Å². The lowest BCUT2D eigenvalue weighted by atomic mass is 10.2. The van der Waals surface area contributed by atoms with Crippen LogP contribution in [0.3, 0.4) is 0 Å². The maximum Gasteiger partial charge on any atom is 0.239 e. The first kappa shape index (κ1) is 12.8. The van der Waals surface area contributed by atoms with Crippen LogP contribution in [-0.2, 0) is 9.53 Å². The van der Waals surface area contributed by atoms with Crippen molar-refractivity contribution in [3.05, 3.63) is 0 Å². The first-order chi connectivity index (χ1) is 7.24. The number of ether oxygens (including phenoxy) is 1. The molecule has 0 radical (unpaired) electrons. The summed E-state index contributed by atoms with van der Waals surface area (Å²) >= 11 is 1.82. The zero-order valence-electron chi connectivity index (χ0n) is 9.41. The van der Waals surface area contributed by atoms with Crippen molar-refractivity contribution in [2.45, 2.75) is 24.6 Å². The van der Waals surface area contributed by atoms with Gasteiger partial charge in [-0.05, 0) is 12.7 Å². The largest absolute Gasteiger partial charge is 0.378 e. The lowest BCUT2D eigenvalue weighted by molar-refractivity contribution is -0.125. The summed E-state index contributed by atoms with van der Waals surface area (Å²) in [6.45, 7) is 4.87. The summed E-state index contributed by atoms with van der Waals surface area (Å²) in [7, 11) is 0. The Hall–Kier alpha value is -0.260. The fourth-order valence-corrected chi connectivity index (χ4v) is 1.73. The van der Waals surface area contributed by atoms with Gasteiger partial charge in [-0.2, -0.15) is 11.8 Å². The van der Waals surface area contributed by atoms with Crippen molar-refractivity contribution >= 4 is 17.7 Å². The Kier molecular flexibility index (Phi) is 6.05. The van der Waals surface area contributed by atoms with E-state index in [2.05, 4.69) is 23.8 Å². The number of carbonyl (C=O) groups excluding carboxylic acids is 1. The highest BCUT2D eigenvalue weighted by molar-refractivity contribution is 7.99. The van der Waals surface area contributed by atoms with Gasteiger partial charge in [-0.25, -0.2) is 0 Å². The number of rotatable bonds is 5. The van der Waals surface area contributed by atoms with Crippen LogP contribution in [-0.4, -0.2) is 49.8 Å². The molecule has 0 saturated carbocycles. The molecular formula is C10H20N2O2S. The molecule has 15 heavy (non-hydrogen) atoms. The molecule has 1 aliphatic rings. The van der Waals surface area contributed by atoms with Gasteiger partial charge in [-0.3, -0.25) is 4.79 Å². The average Bonchev–Trinajstić information content (AvgIpc) is 2.29. The Labute approximate surface area is 95.5 Å². The van der Waals surface area contributed by atoms with Crippen molar-refractivity contribution in [2.75, 3.05) is 32.6 Å². The van der Waals surface area contributed by atoms with Crippen molar-refractivity contribution < 1.29 is 9.53 Å². The molecule has 1 aliphatic heterocycles.